The number of rotatable bonds is 4. The summed E-state index contributed by atoms with van der Waals surface area (Å²) in [7, 11) is 0. The fraction of sp³-hybridized carbons (Fsp3) is 0.435. The van der Waals surface area contributed by atoms with E-state index in [1.54, 1.807) is 20.8 Å². The molecule has 1 amide bonds. The number of likely N-dealkylation sites (tertiary alicyclic amines) is 1. The van der Waals surface area contributed by atoms with Gasteiger partial charge >= 0.3 is 6.09 Å². The molecule has 2 aromatic carbocycles. The maximum atomic E-state index is 14.7. The lowest BCUT2D eigenvalue weighted by atomic mass is 9.80. The smallest absolute Gasteiger partial charge is 0.408 e. The Morgan fingerprint density at radius 1 is 1.10 bits per heavy atom. The van der Waals surface area contributed by atoms with Crippen LogP contribution in [-0.2, 0) is 16.8 Å². The highest BCUT2D eigenvalue weighted by Crippen LogP contribution is 2.35. The minimum absolute atomic E-state index is 0.295. The van der Waals surface area contributed by atoms with E-state index >= 15 is 0 Å². The average Bonchev–Trinajstić information content (AvgIpc) is 2.63. The van der Waals surface area contributed by atoms with Gasteiger partial charge in [-0.05, 0) is 45.2 Å². The zero-order valence-corrected chi connectivity index (χ0v) is 17.2. The van der Waals surface area contributed by atoms with E-state index in [0.29, 0.717) is 31.5 Å². The first-order chi connectivity index (χ1) is 13.7. The van der Waals surface area contributed by atoms with E-state index < -0.39 is 28.9 Å². The molecule has 29 heavy (non-hydrogen) atoms. The molecular weight excluding hydrogens is 374 g/mol. The molecule has 0 bridgehead atoms. The van der Waals surface area contributed by atoms with E-state index in [1.165, 1.54) is 17.7 Å². The van der Waals surface area contributed by atoms with Crippen LogP contribution in [0.4, 0.5) is 13.6 Å². The van der Waals surface area contributed by atoms with Gasteiger partial charge in [-0.3, -0.25) is 4.90 Å². The van der Waals surface area contributed by atoms with Crippen LogP contribution >= 0.6 is 0 Å². The van der Waals surface area contributed by atoms with Gasteiger partial charge in [0.15, 0.2) is 0 Å². The van der Waals surface area contributed by atoms with E-state index in [-0.39, 0.29) is 0 Å². The summed E-state index contributed by atoms with van der Waals surface area (Å²) in [5.74, 6) is -1.29. The molecule has 156 valence electrons. The third-order valence-corrected chi connectivity index (χ3v) is 5.15. The third kappa shape index (κ3) is 5.54. The predicted molar refractivity (Wildman–Crippen MR) is 108 cm³/mol. The van der Waals surface area contributed by atoms with Crippen molar-refractivity contribution in [3.63, 3.8) is 0 Å². The zero-order valence-electron chi connectivity index (χ0n) is 17.2. The van der Waals surface area contributed by atoms with E-state index in [9.17, 15) is 13.6 Å². The second kappa shape index (κ2) is 8.49. The largest absolute Gasteiger partial charge is 0.444 e. The molecule has 3 rings (SSSR count). The van der Waals surface area contributed by atoms with Crippen LogP contribution in [0.5, 0.6) is 0 Å². The second-order valence-electron chi connectivity index (χ2n) is 8.59. The maximum absolute atomic E-state index is 14.7. The summed E-state index contributed by atoms with van der Waals surface area (Å²) in [5, 5.41) is 2.90. The van der Waals surface area contributed by atoms with Gasteiger partial charge in [0, 0.05) is 31.3 Å². The van der Waals surface area contributed by atoms with Gasteiger partial charge in [-0.25, -0.2) is 13.6 Å². The van der Waals surface area contributed by atoms with Crippen molar-refractivity contribution in [1.29, 1.82) is 0 Å². The quantitative estimate of drug-likeness (QED) is 0.784. The Labute approximate surface area is 170 Å². The molecule has 0 radical (unpaired) electrons. The highest BCUT2D eigenvalue weighted by atomic mass is 19.1. The molecular formula is C23H28F2N2O2. The van der Waals surface area contributed by atoms with Crippen molar-refractivity contribution >= 4 is 6.09 Å². The van der Waals surface area contributed by atoms with Gasteiger partial charge in [0.05, 0.1) is 5.54 Å². The monoisotopic (exact) mass is 402 g/mol. The molecule has 1 aliphatic rings. The lowest BCUT2D eigenvalue weighted by Crippen LogP contribution is -2.54. The van der Waals surface area contributed by atoms with Gasteiger partial charge in [-0.2, -0.15) is 0 Å². The third-order valence-electron chi connectivity index (χ3n) is 5.15. The Kier molecular flexibility index (Phi) is 6.22. The number of hydrogen-bond acceptors (Lipinski definition) is 3. The van der Waals surface area contributed by atoms with E-state index in [1.807, 2.05) is 18.2 Å². The lowest BCUT2D eigenvalue weighted by Gasteiger charge is -2.43. The number of ether oxygens (including phenoxy) is 1. The minimum atomic E-state index is -0.937. The summed E-state index contributed by atoms with van der Waals surface area (Å²) in [6, 6.07) is 13.6. The SMILES string of the molecule is CC(C)(C)OC(=O)NC1(c2ccc(F)cc2F)CCN(Cc2ccccc2)CC1. The fourth-order valence-corrected chi connectivity index (χ4v) is 3.77. The highest BCUT2D eigenvalue weighted by molar-refractivity contribution is 5.69. The van der Waals surface area contributed by atoms with Gasteiger partial charge in [0.2, 0.25) is 0 Å². The summed E-state index contributed by atoms with van der Waals surface area (Å²) < 4.78 is 33.5. The number of nitrogens with zero attached hydrogens (tertiary/aromatic N) is 1. The van der Waals surface area contributed by atoms with E-state index in [4.69, 9.17) is 4.74 Å². The maximum Gasteiger partial charge on any atom is 0.408 e. The van der Waals surface area contributed by atoms with Crippen molar-refractivity contribution in [2.75, 3.05) is 13.1 Å². The summed E-state index contributed by atoms with van der Waals surface area (Å²) in [5.41, 5.74) is -0.106. The molecule has 1 N–H and O–H groups in total. The van der Waals surface area contributed by atoms with Crippen molar-refractivity contribution in [2.24, 2.45) is 0 Å². The van der Waals surface area contributed by atoms with Crippen LogP contribution in [0.15, 0.2) is 48.5 Å². The number of nitrogens with one attached hydrogen (secondary N) is 1. The molecule has 6 heteroatoms. The van der Waals surface area contributed by atoms with E-state index in [0.717, 1.165) is 12.6 Å². The molecule has 2 aromatic rings. The van der Waals surface area contributed by atoms with Gasteiger partial charge in [-0.1, -0.05) is 36.4 Å². The molecule has 1 saturated heterocycles. The Bertz CT molecular complexity index is 842. The highest BCUT2D eigenvalue weighted by Gasteiger charge is 2.40. The molecule has 4 nitrogen and oxygen atoms in total. The van der Waals surface area contributed by atoms with Gasteiger partial charge in [0.25, 0.3) is 0 Å². The molecule has 0 atom stereocenters. The molecule has 0 aliphatic carbocycles. The number of alkyl carbamates (subject to hydrolysis) is 1. The molecule has 0 unspecified atom stereocenters. The lowest BCUT2D eigenvalue weighted by molar-refractivity contribution is 0.0369. The molecule has 1 aliphatic heterocycles. The number of hydrogen-bond donors (Lipinski definition) is 1. The van der Waals surface area contributed by atoms with Crippen molar-refractivity contribution in [2.45, 2.75) is 51.3 Å². The summed E-state index contributed by atoms with van der Waals surface area (Å²) in [4.78, 5) is 14.8. The standard InChI is InChI=1S/C23H28F2N2O2/c1-22(2,3)29-21(28)26-23(19-10-9-18(24)15-20(19)25)11-13-27(14-12-23)16-17-7-5-4-6-8-17/h4-10,15H,11-14,16H2,1-3H3,(H,26,28). The molecule has 0 saturated carbocycles. The number of carbonyl (C=O) groups excluding carboxylic acids is 1. The molecule has 0 spiro atoms. The Morgan fingerprint density at radius 2 is 1.76 bits per heavy atom. The van der Waals surface area contributed by atoms with Crippen LogP contribution in [0.3, 0.4) is 0 Å². The van der Waals surface area contributed by atoms with Crippen molar-refractivity contribution < 1.29 is 18.3 Å². The number of benzene rings is 2. The van der Waals surface area contributed by atoms with Crippen molar-refractivity contribution in [3.05, 3.63) is 71.3 Å². The number of halogens is 2. The normalized spacial score (nSPS) is 17.0. The van der Waals surface area contributed by atoms with Gasteiger partial charge in [-0.15, -0.1) is 0 Å². The summed E-state index contributed by atoms with van der Waals surface area (Å²) in [6.45, 7) is 7.46. The van der Waals surface area contributed by atoms with Crippen LogP contribution in [0, 0.1) is 11.6 Å². The number of carbonyl (C=O) groups is 1. The van der Waals surface area contributed by atoms with Crippen LogP contribution in [-0.4, -0.2) is 29.7 Å². The Balaban J connectivity index is 1.80. The molecule has 1 heterocycles. The second-order valence-corrected chi connectivity index (χ2v) is 8.59. The first-order valence-corrected chi connectivity index (χ1v) is 9.90. The predicted octanol–water partition coefficient (Wildman–Crippen LogP) is 4.98. The van der Waals surface area contributed by atoms with Gasteiger partial charge < -0.3 is 10.1 Å². The average molecular weight is 402 g/mol. The van der Waals surface area contributed by atoms with Gasteiger partial charge in [0.1, 0.15) is 17.2 Å². The summed E-state index contributed by atoms with van der Waals surface area (Å²) in [6.07, 6.45) is 0.404. The van der Waals surface area contributed by atoms with Crippen LogP contribution in [0.1, 0.15) is 44.7 Å². The first kappa shape index (κ1) is 21.2. The minimum Gasteiger partial charge on any atom is -0.444 e. The first-order valence-electron chi connectivity index (χ1n) is 9.90. The van der Waals surface area contributed by atoms with Crippen molar-refractivity contribution in [3.8, 4) is 0 Å². The summed E-state index contributed by atoms with van der Waals surface area (Å²) >= 11 is 0. The topological polar surface area (TPSA) is 41.6 Å². The Hall–Kier alpha value is -2.47. The number of amides is 1. The van der Waals surface area contributed by atoms with E-state index in [2.05, 4.69) is 22.3 Å². The molecule has 1 fully saturated rings. The number of piperidine rings is 1. The van der Waals surface area contributed by atoms with Crippen molar-refractivity contribution in [1.82, 2.24) is 10.2 Å². The fourth-order valence-electron chi connectivity index (χ4n) is 3.77. The van der Waals surface area contributed by atoms with Crippen LogP contribution in [0.25, 0.3) is 0 Å². The zero-order chi connectivity index (χ0) is 21.1. The Morgan fingerprint density at radius 3 is 2.34 bits per heavy atom. The van der Waals surface area contributed by atoms with Crippen LogP contribution < -0.4 is 5.32 Å². The molecule has 0 aromatic heterocycles. The van der Waals surface area contributed by atoms with Crippen LogP contribution in [0.2, 0.25) is 0 Å².